The molecule has 0 atom stereocenters. The summed E-state index contributed by atoms with van der Waals surface area (Å²) in [6.45, 7) is 13.2. The van der Waals surface area contributed by atoms with E-state index in [0.717, 1.165) is 21.6 Å². The molecule has 0 aliphatic rings. The van der Waals surface area contributed by atoms with Crippen LogP contribution in [-0.4, -0.2) is 23.3 Å². The molecule has 0 N–H and O–H groups in total. The summed E-state index contributed by atoms with van der Waals surface area (Å²) in [6, 6.07) is 0. The Hall–Kier alpha value is 0.0600. The molecule has 0 heterocycles. The van der Waals surface area contributed by atoms with Crippen LogP contribution >= 0.6 is 8.52 Å². The lowest BCUT2D eigenvalue weighted by Gasteiger charge is -2.17. The lowest BCUT2D eigenvalue weighted by Crippen LogP contribution is -2.15. The van der Waals surface area contributed by atoms with Crippen molar-refractivity contribution in [1.82, 2.24) is 4.67 Å². The van der Waals surface area contributed by atoms with Crippen molar-refractivity contribution in [2.45, 2.75) is 53.0 Å². The Bertz CT molecular complexity index is 143. The van der Waals surface area contributed by atoms with Crippen LogP contribution in [0.2, 0.25) is 0 Å². The Morgan fingerprint density at radius 1 is 1.08 bits per heavy atom. The first-order valence-electron chi connectivity index (χ1n) is 5.17. The smallest absolute Gasteiger partial charge is 0.0939 e. The minimum Gasteiger partial charge on any atom is -0.247 e. The maximum atomic E-state index is 4.59. The van der Waals surface area contributed by atoms with E-state index in [1.807, 2.05) is 0 Å². The van der Waals surface area contributed by atoms with Gasteiger partial charge in [0.05, 0.1) is 14.1 Å². The molecule has 0 amide bonds. The van der Waals surface area contributed by atoms with Crippen LogP contribution in [0.15, 0.2) is 4.74 Å². The number of nitrogens with zero attached hydrogens (tertiary/aromatic N) is 2. The lowest BCUT2D eigenvalue weighted by molar-refractivity contribution is 0.458. The topological polar surface area (TPSA) is 15.6 Å². The molecular weight excluding hydrogens is 179 g/mol. The van der Waals surface area contributed by atoms with Crippen molar-refractivity contribution in [2.24, 2.45) is 4.74 Å². The molecule has 2 nitrogen and oxygen atoms in total. The zero-order chi connectivity index (χ0) is 10.3. The third-order valence-electron chi connectivity index (χ3n) is 1.43. The molecule has 0 aliphatic heterocycles. The van der Waals surface area contributed by atoms with E-state index in [1.165, 1.54) is 12.8 Å². The predicted octanol–water partition coefficient (Wildman–Crippen LogP) is 3.95. The van der Waals surface area contributed by atoms with Crippen molar-refractivity contribution in [3.8, 4) is 0 Å². The molecule has 78 valence electrons. The zero-order valence-electron chi connectivity index (χ0n) is 9.67. The summed E-state index contributed by atoms with van der Waals surface area (Å²) in [4.78, 5) is 0. The maximum Gasteiger partial charge on any atom is 0.0939 e. The zero-order valence-corrected chi connectivity index (χ0v) is 10.6. The standard InChI is InChI=1S/C10H23N2P/c1-6-8-12(9-7-2)13-11-10(3,4)5/h6-9H2,1-5H3. The average Bonchev–Trinajstić information content (AvgIpc) is 2.00. The summed E-state index contributed by atoms with van der Waals surface area (Å²) >= 11 is 0. The van der Waals surface area contributed by atoms with Crippen LogP contribution in [0.3, 0.4) is 0 Å². The van der Waals surface area contributed by atoms with Gasteiger partial charge in [-0.3, -0.25) is 0 Å². The largest absolute Gasteiger partial charge is 0.247 e. The van der Waals surface area contributed by atoms with Crippen molar-refractivity contribution < 1.29 is 0 Å². The molecule has 0 saturated heterocycles. The van der Waals surface area contributed by atoms with Gasteiger partial charge < -0.3 is 0 Å². The molecule has 0 unspecified atom stereocenters. The summed E-state index contributed by atoms with van der Waals surface area (Å²) in [7, 11) is 1.14. The molecule has 0 bridgehead atoms. The molecule has 0 saturated carbocycles. The third kappa shape index (κ3) is 8.39. The molecule has 0 aromatic carbocycles. The van der Waals surface area contributed by atoms with E-state index >= 15 is 0 Å². The van der Waals surface area contributed by atoms with Crippen molar-refractivity contribution in [2.75, 3.05) is 13.1 Å². The summed E-state index contributed by atoms with van der Waals surface area (Å²) < 4.78 is 6.99. The van der Waals surface area contributed by atoms with Gasteiger partial charge in [0.1, 0.15) is 0 Å². The first kappa shape index (κ1) is 13.1. The second-order valence-corrected chi connectivity index (χ2v) is 5.26. The minimum absolute atomic E-state index is 0.0985. The number of hydrogen-bond acceptors (Lipinski definition) is 1. The van der Waals surface area contributed by atoms with E-state index in [-0.39, 0.29) is 5.54 Å². The van der Waals surface area contributed by atoms with Gasteiger partial charge in [-0.1, -0.05) is 13.8 Å². The second kappa shape index (κ2) is 6.50. The fourth-order valence-corrected chi connectivity index (χ4v) is 1.89. The molecule has 0 radical (unpaired) electrons. The quantitative estimate of drug-likeness (QED) is 0.616. The fraction of sp³-hybridized carbons (Fsp3) is 1.00. The predicted molar refractivity (Wildman–Crippen MR) is 61.3 cm³/mol. The second-order valence-electron chi connectivity index (χ2n) is 4.31. The van der Waals surface area contributed by atoms with E-state index in [1.54, 1.807) is 0 Å². The first-order chi connectivity index (χ1) is 5.99. The van der Waals surface area contributed by atoms with Gasteiger partial charge in [0.2, 0.25) is 0 Å². The highest BCUT2D eigenvalue weighted by atomic mass is 31.1. The van der Waals surface area contributed by atoms with Crippen molar-refractivity contribution in [1.29, 1.82) is 0 Å². The van der Waals surface area contributed by atoms with E-state index in [4.69, 9.17) is 0 Å². The van der Waals surface area contributed by atoms with Crippen molar-refractivity contribution in [3.63, 3.8) is 0 Å². The highest BCUT2D eigenvalue weighted by Crippen LogP contribution is 2.18. The molecule has 0 aromatic heterocycles. The van der Waals surface area contributed by atoms with Crippen LogP contribution in [-0.2, 0) is 0 Å². The van der Waals surface area contributed by atoms with Crippen LogP contribution in [0.1, 0.15) is 47.5 Å². The summed E-state index contributed by atoms with van der Waals surface area (Å²) in [5, 5.41) is 0. The Morgan fingerprint density at radius 3 is 1.85 bits per heavy atom. The molecule has 0 fully saturated rings. The first-order valence-corrected chi connectivity index (χ1v) is 5.97. The van der Waals surface area contributed by atoms with E-state index in [9.17, 15) is 0 Å². The van der Waals surface area contributed by atoms with Gasteiger partial charge in [0.25, 0.3) is 0 Å². The van der Waals surface area contributed by atoms with Crippen LogP contribution in [0.4, 0.5) is 0 Å². The van der Waals surface area contributed by atoms with Crippen LogP contribution in [0, 0.1) is 0 Å². The number of rotatable bonds is 5. The van der Waals surface area contributed by atoms with Crippen molar-refractivity contribution in [3.05, 3.63) is 0 Å². The van der Waals surface area contributed by atoms with E-state index < -0.39 is 0 Å². The highest BCUT2D eigenvalue weighted by molar-refractivity contribution is 7.23. The highest BCUT2D eigenvalue weighted by Gasteiger charge is 2.07. The van der Waals surface area contributed by atoms with Gasteiger partial charge in [-0.05, 0) is 33.6 Å². The molecule has 0 rings (SSSR count). The lowest BCUT2D eigenvalue weighted by atomic mass is 10.1. The van der Waals surface area contributed by atoms with E-state index in [2.05, 4.69) is 44.0 Å². The number of hydrogen-bond donors (Lipinski definition) is 0. The molecule has 3 heteroatoms. The Kier molecular flexibility index (Phi) is 6.53. The van der Waals surface area contributed by atoms with Gasteiger partial charge in [0.15, 0.2) is 0 Å². The van der Waals surface area contributed by atoms with E-state index in [0.29, 0.717) is 0 Å². The normalized spacial score (nSPS) is 13.1. The molecule has 0 spiro atoms. The van der Waals surface area contributed by atoms with Gasteiger partial charge in [-0.25, -0.2) is 9.42 Å². The Labute approximate surface area is 84.7 Å². The maximum absolute atomic E-state index is 4.59. The summed E-state index contributed by atoms with van der Waals surface area (Å²) in [5.74, 6) is 0. The van der Waals surface area contributed by atoms with Crippen molar-refractivity contribution >= 4 is 8.52 Å². The minimum atomic E-state index is 0.0985. The molecule has 0 aliphatic carbocycles. The van der Waals surface area contributed by atoms with Gasteiger partial charge in [-0.2, -0.15) is 0 Å². The Morgan fingerprint density at radius 2 is 1.54 bits per heavy atom. The Balaban J connectivity index is 4.00. The molecular formula is C10H23N2P. The van der Waals surface area contributed by atoms with Gasteiger partial charge in [0, 0.05) is 13.1 Å². The third-order valence-corrected chi connectivity index (χ3v) is 2.78. The molecule has 13 heavy (non-hydrogen) atoms. The summed E-state index contributed by atoms with van der Waals surface area (Å²) in [6.07, 6.45) is 2.43. The van der Waals surface area contributed by atoms with Crippen LogP contribution < -0.4 is 0 Å². The fourth-order valence-electron chi connectivity index (χ4n) is 0.915. The van der Waals surface area contributed by atoms with Crippen LogP contribution in [0.25, 0.3) is 0 Å². The van der Waals surface area contributed by atoms with Gasteiger partial charge >= 0.3 is 0 Å². The average molecular weight is 202 g/mol. The monoisotopic (exact) mass is 202 g/mol. The van der Waals surface area contributed by atoms with Gasteiger partial charge in [-0.15, -0.1) is 0 Å². The SMILES string of the molecule is CCCN(CCC)P=NC(C)(C)C. The van der Waals surface area contributed by atoms with Crippen LogP contribution in [0.5, 0.6) is 0 Å². The molecule has 0 aromatic rings. The summed E-state index contributed by atoms with van der Waals surface area (Å²) in [5.41, 5.74) is 0.0985.